The third-order valence-corrected chi connectivity index (χ3v) is 3.22. The number of hydrogen-bond acceptors (Lipinski definition) is 3. The Morgan fingerprint density at radius 3 is 2.64 bits per heavy atom. The number of nitrogens with one attached hydrogen (secondary N) is 2. The van der Waals surface area contributed by atoms with E-state index in [1.165, 1.54) is 13.1 Å². The summed E-state index contributed by atoms with van der Waals surface area (Å²) in [5, 5.41) is 0. The van der Waals surface area contributed by atoms with E-state index in [2.05, 4.69) is 25.4 Å². The highest BCUT2D eigenvalue weighted by molar-refractivity contribution is 9.10. The zero-order valence-corrected chi connectivity index (χ0v) is 9.81. The molecule has 1 aromatic rings. The minimum absolute atomic E-state index is 0.402. The smallest absolute Gasteiger partial charge is 0.298 e. The monoisotopic (exact) mass is 279 g/mol. The SMILES string of the molecule is CNS(=O)(=O)Nc1cc(N)ccc1Br. The highest BCUT2D eigenvalue weighted by atomic mass is 79.9. The molecule has 0 bridgehead atoms. The summed E-state index contributed by atoms with van der Waals surface area (Å²) < 4.78 is 27.4. The average molecular weight is 280 g/mol. The van der Waals surface area contributed by atoms with Crippen molar-refractivity contribution in [2.75, 3.05) is 17.5 Å². The van der Waals surface area contributed by atoms with Crippen molar-refractivity contribution in [2.24, 2.45) is 0 Å². The van der Waals surface area contributed by atoms with Gasteiger partial charge in [0.25, 0.3) is 10.2 Å². The maximum atomic E-state index is 11.1. The Kier molecular flexibility index (Phi) is 3.35. The molecule has 78 valence electrons. The highest BCUT2D eigenvalue weighted by Crippen LogP contribution is 2.25. The van der Waals surface area contributed by atoms with Gasteiger partial charge >= 0.3 is 0 Å². The first kappa shape index (κ1) is 11.3. The molecule has 0 saturated carbocycles. The van der Waals surface area contributed by atoms with Crippen molar-refractivity contribution in [3.8, 4) is 0 Å². The van der Waals surface area contributed by atoms with Gasteiger partial charge in [0, 0.05) is 17.2 Å². The number of hydrogen-bond donors (Lipinski definition) is 3. The number of rotatable bonds is 3. The van der Waals surface area contributed by atoms with E-state index in [-0.39, 0.29) is 0 Å². The summed E-state index contributed by atoms with van der Waals surface area (Å²) in [5.74, 6) is 0. The van der Waals surface area contributed by atoms with Gasteiger partial charge < -0.3 is 5.73 Å². The molecule has 1 aromatic carbocycles. The Hall–Kier alpha value is -0.790. The van der Waals surface area contributed by atoms with Gasteiger partial charge in [0.15, 0.2) is 0 Å². The molecule has 14 heavy (non-hydrogen) atoms. The lowest BCUT2D eigenvalue weighted by Crippen LogP contribution is -2.26. The number of halogens is 1. The van der Waals surface area contributed by atoms with Crippen LogP contribution in [0.25, 0.3) is 0 Å². The van der Waals surface area contributed by atoms with Crippen LogP contribution < -0.4 is 15.2 Å². The molecule has 0 aliphatic carbocycles. The van der Waals surface area contributed by atoms with Crippen molar-refractivity contribution in [1.82, 2.24) is 4.72 Å². The molecular weight excluding hydrogens is 270 g/mol. The molecule has 0 aliphatic rings. The van der Waals surface area contributed by atoms with Gasteiger partial charge in [0.05, 0.1) is 5.69 Å². The van der Waals surface area contributed by atoms with Crippen LogP contribution in [-0.4, -0.2) is 15.5 Å². The topological polar surface area (TPSA) is 84.2 Å². The van der Waals surface area contributed by atoms with Crippen molar-refractivity contribution >= 4 is 37.5 Å². The van der Waals surface area contributed by atoms with Gasteiger partial charge in [-0.2, -0.15) is 8.42 Å². The summed E-state index contributed by atoms with van der Waals surface area (Å²) in [6.45, 7) is 0. The molecule has 0 amide bonds. The van der Waals surface area contributed by atoms with Gasteiger partial charge in [-0.15, -0.1) is 0 Å². The van der Waals surface area contributed by atoms with E-state index in [1.54, 1.807) is 12.1 Å². The summed E-state index contributed by atoms with van der Waals surface area (Å²) in [7, 11) is -2.18. The third-order valence-electron chi connectivity index (χ3n) is 1.50. The van der Waals surface area contributed by atoms with Gasteiger partial charge in [-0.3, -0.25) is 4.72 Å². The Bertz CT molecular complexity index is 433. The Morgan fingerprint density at radius 2 is 2.07 bits per heavy atom. The normalized spacial score (nSPS) is 11.3. The van der Waals surface area contributed by atoms with Crippen LogP contribution in [0, 0.1) is 0 Å². The second kappa shape index (κ2) is 4.16. The molecule has 5 nitrogen and oxygen atoms in total. The molecule has 0 aromatic heterocycles. The minimum atomic E-state index is -3.50. The lowest BCUT2D eigenvalue weighted by atomic mass is 10.3. The van der Waals surface area contributed by atoms with Crippen molar-refractivity contribution in [1.29, 1.82) is 0 Å². The third kappa shape index (κ3) is 2.86. The summed E-state index contributed by atoms with van der Waals surface area (Å²) in [6, 6.07) is 4.86. The first-order chi connectivity index (χ1) is 6.44. The number of nitrogens with two attached hydrogens (primary N) is 1. The predicted molar refractivity (Wildman–Crippen MR) is 60.2 cm³/mol. The van der Waals surface area contributed by atoms with Crippen molar-refractivity contribution < 1.29 is 8.42 Å². The van der Waals surface area contributed by atoms with E-state index in [9.17, 15) is 8.42 Å². The van der Waals surface area contributed by atoms with Crippen LogP contribution in [0.3, 0.4) is 0 Å². The number of benzene rings is 1. The van der Waals surface area contributed by atoms with E-state index in [1.807, 2.05) is 0 Å². The molecule has 0 aliphatic heterocycles. The second-order valence-electron chi connectivity index (χ2n) is 2.55. The van der Waals surface area contributed by atoms with E-state index < -0.39 is 10.2 Å². The fourth-order valence-electron chi connectivity index (χ4n) is 0.817. The van der Waals surface area contributed by atoms with Crippen molar-refractivity contribution in [3.63, 3.8) is 0 Å². The predicted octanol–water partition coefficient (Wildman–Crippen LogP) is 0.907. The van der Waals surface area contributed by atoms with Crippen molar-refractivity contribution in [2.45, 2.75) is 0 Å². The average Bonchev–Trinajstić information content (AvgIpc) is 2.11. The lowest BCUT2D eigenvalue weighted by Gasteiger charge is -2.08. The quantitative estimate of drug-likeness (QED) is 0.719. The minimum Gasteiger partial charge on any atom is -0.399 e. The van der Waals surface area contributed by atoms with Crippen LogP contribution in [0.2, 0.25) is 0 Å². The maximum absolute atomic E-state index is 11.1. The molecule has 4 N–H and O–H groups in total. The summed E-state index contributed by atoms with van der Waals surface area (Å²) in [4.78, 5) is 0. The molecule has 0 heterocycles. The number of anilines is 2. The first-order valence-electron chi connectivity index (χ1n) is 3.71. The number of nitrogen functional groups attached to an aromatic ring is 1. The van der Waals surface area contributed by atoms with Crippen LogP contribution in [-0.2, 0) is 10.2 Å². The summed E-state index contributed by atoms with van der Waals surface area (Å²) in [5.41, 5.74) is 6.40. The van der Waals surface area contributed by atoms with Crippen molar-refractivity contribution in [3.05, 3.63) is 22.7 Å². The maximum Gasteiger partial charge on any atom is 0.298 e. The molecule has 7 heteroatoms. The molecule has 1 rings (SSSR count). The molecule has 0 unspecified atom stereocenters. The van der Waals surface area contributed by atoms with Gasteiger partial charge in [-0.25, -0.2) is 4.72 Å². The largest absolute Gasteiger partial charge is 0.399 e. The van der Waals surface area contributed by atoms with E-state index >= 15 is 0 Å². The summed E-state index contributed by atoms with van der Waals surface area (Å²) >= 11 is 3.20. The molecule has 0 radical (unpaired) electrons. The fourth-order valence-corrected chi connectivity index (χ4v) is 1.85. The van der Waals surface area contributed by atoms with Gasteiger partial charge in [0.2, 0.25) is 0 Å². The van der Waals surface area contributed by atoms with E-state index in [0.717, 1.165) is 0 Å². The van der Waals surface area contributed by atoms with E-state index in [0.29, 0.717) is 15.8 Å². The molecule has 0 spiro atoms. The Labute approximate surface area is 91.0 Å². The fraction of sp³-hybridized carbons (Fsp3) is 0.143. The zero-order valence-electron chi connectivity index (χ0n) is 7.41. The van der Waals surface area contributed by atoms with E-state index in [4.69, 9.17) is 5.73 Å². The highest BCUT2D eigenvalue weighted by Gasteiger charge is 2.08. The molecule has 0 saturated heterocycles. The van der Waals surface area contributed by atoms with Gasteiger partial charge in [0.1, 0.15) is 0 Å². The van der Waals surface area contributed by atoms with Crippen LogP contribution in [0.1, 0.15) is 0 Å². The first-order valence-corrected chi connectivity index (χ1v) is 5.98. The summed E-state index contributed by atoms with van der Waals surface area (Å²) in [6.07, 6.45) is 0. The second-order valence-corrected chi connectivity index (χ2v) is 5.02. The van der Waals surface area contributed by atoms with Crippen LogP contribution in [0.15, 0.2) is 22.7 Å². The molecule has 0 atom stereocenters. The van der Waals surface area contributed by atoms with Crippen LogP contribution in [0.4, 0.5) is 11.4 Å². The lowest BCUT2D eigenvalue weighted by molar-refractivity contribution is 0.593. The van der Waals surface area contributed by atoms with Crippen LogP contribution >= 0.6 is 15.9 Å². The van der Waals surface area contributed by atoms with Gasteiger partial charge in [-0.1, -0.05) is 0 Å². The van der Waals surface area contributed by atoms with Crippen LogP contribution in [0.5, 0.6) is 0 Å². The molecule has 0 fully saturated rings. The zero-order chi connectivity index (χ0) is 10.8. The standard InChI is InChI=1S/C7H10BrN3O2S/c1-10-14(12,13)11-7-4-5(9)2-3-6(7)8/h2-4,10-11H,9H2,1H3. The Balaban J connectivity index is 3.03. The Morgan fingerprint density at radius 1 is 1.43 bits per heavy atom. The molecular formula is C7H10BrN3O2S. The van der Waals surface area contributed by atoms with Gasteiger partial charge in [-0.05, 0) is 34.1 Å².